The molecule has 2 rings (SSSR count). The molecule has 3 nitrogen and oxygen atoms in total. The van der Waals surface area contributed by atoms with Crippen LogP contribution in [0.1, 0.15) is 29.6 Å². The second-order valence-corrected chi connectivity index (χ2v) is 5.26. The maximum absolute atomic E-state index is 13.1. The second kappa shape index (κ2) is 6.83. The van der Waals surface area contributed by atoms with Gasteiger partial charge in [0.15, 0.2) is 0 Å². The summed E-state index contributed by atoms with van der Waals surface area (Å²) in [6.07, 6.45) is -0.505. The molecule has 0 bridgehead atoms. The molecule has 1 aromatic heterocycles. The van der Waals surface area contributed by atoms with Crippen LogP contribution in [0.5, 0.6) is 0 Å². The Kier molecular flexibility index (Phi) is 5.09. The van der Waals surface area contributed by atoms with Gasteiger partial charge in [-0.1, -0.05) is 0 Å². The van der Waals surface area contributed by atoms with E-state index >= 15 is 0 Å². The van der Waals surface area contributed by atoms with Crippen LogP contribution in [0.4, 0.5) is 8.78 Å². The van der Waals surface area contributed by atoms with Crippen LogP contribution in [0.3, 0.4) is 0 Å². The van der Waals surface area contributed by atoms with Crippen LogP contribution < -0.4 is 0 Å². The van der Waals surface area contributed by atoms with Crippen molar-refractivity contribution in [2.24, 2.45) is 0 Å². The van der Waals surface area contributed by atoms with Gasteiger partial charge in [0.1, 0.15) is 23.2 Å². The number of aliphatic hydroxyl groups excluding tert-OH is 1. The summed E-state index contributed by atoms with van der Waals surface area (Å²) in [4.78, 5) is 1.98. The van der Waals surface area contributed by atoms with Crippen LogP contribution in [0.25, 0.3) is 0 Å². The average Bonchev–Trinajstić information content (AvgIpc) is 2.80. The highest BCUT2D eigenvalue weighted by Crippen LogP contribution is 2.20. The monoisotopic (exact) mass is 295 g/mol. The molecule has 0 radical (unpaired) electrons. The van der Waals surface area contributed by atoms with E-state index in [4.69, 9.17) is 4.42 Å². The van der Waals surface area contributed by atoms with E-state index in [1.807, 2.05) is 31.0 Å². The fourth-order valence-electron chi connectivity index (χ4n) is 2.19. The molecule has 0 aliphatic heterocycles. The molecule has 1 aromatic carbocycles. The van der Waals surface area contributed by atoms with Gasteiger partial charge in [-0.2, -0.15) is 0 Å². The lowest BCUT2D eigenvalue weighted by molar-refractivity contribution is 0.145. The molecule has 114 valence electrons. The van der Waals surface area contributed by atoms with Crippen molar-refractivity contribution in [3.8, 4) is 0 Å². The summed E-state index contributed by atoms with van der Waals surface area (Å²) in [5, 5.41) is 10.0. The number of hydrogen-bond acceptors (Lipinski definition) is 3. The van der Waals surface area contributed by atoms with Gasteiger partial charge in [-0.25, -0.2) is 8.78 Å². The Balaban J connectivity index is 1.86. The molecular weight excluding hydrogens is 276 g/mol. The predicted molar refractivity (Wildman–Crippen MR) is 75.7 cm³/mol. The lowest BCUT2D eigenvalue weighted by atomic mass is 10.1. The summed E-state index contributed by atoms with van der Waals surface area (Å²) in [5.74, 6) is 0.349. The first kappa shape index (κ1) is 15.7. The number of aliphatic hydroxyl groups is 1. The number of aryl methyl sites for hydroxylation is 1. The molecule has 2 aromatic rings. The van der Waals surface area contributed by atoms with Crippen molar-refractivity contribution in [1.29, 1.82) is 0 Å². The number of benzene rings is 1. The highest BCUT2D eigenvalue weighted by molar-refractivity contribution is 5.20. The standard InChI is InChI=1S/C16H19F2NO2/c1-11-3-4-15(21-11)10-19(2)6-5-16(20)12-7-13(17)9-14(18)8-12/h3-4,7-9,16,20H,5-6,10H2,1-2H3. The number of furan rings is 1. The zero-order valence-electron chi connectivity index (χ0n) is 12.1. The van der Waals surface area contributed by atoms with Crippen LogP contribution in [0.2, 0.25) is 0 Å². The van der Waals surface area contributed by atoms with Gasteiger partial charge in [0.05, 0.1) is 12.6 Å². The largest absolute Gasteiger partial charge is 0.465 e. The van der Waals surface area contributed by atoms with E-state index in [0.717, 1.165) is 29.7 Å². The van der Waals surface area contributed by atoms with Crippen LogP contribution in [-0.2, 0) is 6.54 Å². The van der Waals surface area contributed by atoms with E-state index in [0.29, 0.717) is 19.5 Å². The van der Waals surface area contributed by atoms with Crippen molar-refractivity contribution >= 4 is 0 Å². The summed E-state index contributed by atoms with van der Waals surface area (Å²) < 4.78 is 31.7. The lowest BCUT2D eigenvalue weighted by Gasteiger charge is -2.18. The van der Waals surface area contributed by atoms with Gasteiger partial charge in [0, 0.05) is 12.6 Å². The van der Waals surface area contributed by atoms with Crippen LogP contribution in [-0.4, -0.2) is 23.6 Å². The summed E-state index contributed by atoms with van der Waals surface area (Å²) in [6, 6.07) is 6.91. The summed E-state index contributed by atoms with van der Waals surface area (Å²) in [6.45, 7) is 3.09. The van der Waals surface area contributed by atoms with Gasteiger partial charge in [-0.15, -0.1) is 0 Å². The highest BCUT2D eigenvalue weighted by atomic mass is 19.1. The number of hydrogen-bond donors (Lipinski definition) is 1. The minimum Gasteiger partial charge on any atom is -0.465 e. The van der Waals surface area contributed by atoms with Crippen molar-refractivity contribution in [2.45, 2.75) is 26.0 Å². The third-order valence-electron chi connectivity index (χ3n) is 3.28. The Labute approximate surface area is 122 Å². The second-order valence-electron chi connectivity index (χ2n) is 5.26. The Hall–Kier alpha value is -1.72. The molecule has 0 spiro atoms. The van der Waals surface area contributed by atoms with Crippen LogP contribution in [0.15, 0.2) is 34.7 Å². The first-order chi connectivity index (χ1) is 9.94. The molecule has 1 atom stereocenters. The van der Waals surface area contributed by atoms with Gasteiger partial charge in [-0.3, -0.25) is 4.90 Å². The maximum atomic E-state index is 13.1. The lowest BCUT2D eigenvalue weighted by Crippen LogP contribution is -2.20. The number of nitrogens with zero attached hydrogens (tertiary/aromatic N) is 1. The smallest absolute Gasteiger partial charge is 0.126 e. The van der Waals surface area contributed by atoms with Crippen molar-refractivity contribution < 1.29 is 18.3 Å². The zero-order chi connectivity index (χ0) is 15.4. The normalized spacial score (nSPS) is 12.9. The molecule has 0 saturated heterocycles. The van der Waals surface area contributed by atoms with Gasteiger partial charge in [0.25, 0.3) is 0 Å². The summed E-state index contributed by atoms with van der Waals surface area (Å²) in [7, 11) is 1.90. The molecule has 0 saturated carbocycles. The summed E-state index contributed by atoms with van der Waals surface area (Å²) in [5.41, 5.74) is 0.259. The summed E-state index contributed by atoms with van der Waals surface area (Å²) >= 11 is 0. The van der Waals surface area contributed by atoms with E-state index in [2.05, 4.69) is 0 Å². The molecule has 1 heterocycles. The number of halogens is 2. The SMILES string of the molecule is Cc1ccc(CN(C)CCC(O)c2cc(F)cc(F)c2)o1. The Bertz CT molecular complexity index is 577. The fourth-order valence-corrected chi connectivity index (χ4v) is 2.19. The van der Waals surface area contributed by atoms with Crippen molar-refractivity contribution in [3.63, 3.8) is 0 Å². The van der Waals surface area contributed by atoms with Crippen LogP contribution in [0, 0.1) is 18.6 Å². The topological polar surface area (TPSA) is 36.6 Å². The van der Waals surface area contributed by atoms with Crippen molar-refractivity contribution in [2.75, 3.05) is 13.6 Å². The highest BCUT2D eigenvalue weighted by Gasteiger charge is 2.12. The minimum atomic E-state index is -0.893. The molecule has 1 unspecified atom stereocenters. The molecule has 0 aliphatic carbocycles. The number of rotatable bonds is 6. The molecule has 1 N–H and O–H groups in total. The Morgan fingerprint density at radius 3 is 2.43 bits per heavy atom. The first-order valence-electron chi connectivity index (χ1n) is 6.82. The molecule has 0 fully saturated rings. The van der Waals surface area contributed by atoms with Gasteiger partial charge >= 0.3 is 0 Å². The molecule has 21 heavy (non-hydrogen) atoms. The molecular formula is C16H19F2NO2. The Morgan fingerprint density at radius 1 is 1.19 bits per heavy atom. The first-order valence-corrected chi connectivity index (χ1v) is 6.82. The van der Waals surface area contributed by atoms with E-state index in [1.54, 1.807) is 0 Å². The average molecular weight is 295 g/mol. The van der Waals surface area contributed by atoms with E-state index in [1.165, 1.54) is 0 Å². The Morgan fingerprint density at radius 2 is 1.86 bits per heavy atom. The van der Waals surface area contributed by atoms with E-state index in [-0.39, 0.29) is 5.56 Å². The third kappa shape index (κ3) is 4.65. The van der Waals surface area contributed by atoms with Gasteiger partial charge in [-0.05, 0) is 50.2 Å². The minimum absolute atomic E-state index is 0.259. The molecule has 5 heteroatoms. The predicted octanol–water partition coefficient (Wildman–Crippen LogP) is 3.42. The molecule has 0 aliphatic rings. The van der Waals surface area contributed by atoms with Crippen molar-refractivity contribution in [3.05, 3.63) is 59.1 Å². The zero-order valence-corrected chi connectivity index (χ0v) is 12.1. The van der Waals surface area contributed by atoms with Crippen molar-refractivity contribution in [1.82, 2.24) is 4.90 Å². The fraction of sp³-hybridized carbons (Fsp3) is 0.375. The third-order valence-corrected chi connectivity index (χ3v) is 3.28. The quantitative estimate of drug-likeness (QED) is 0.887. The van der Waals surface area contributed by atoms with Gasteiger partial charge < -0.3 is 9.52 Å². The van der Waals surface area contributed by atoms with Crippen LogP contribution >= 0.6 is 0 Å². The van der Waals surface area contributed by atoms with Gasteiger partial charge in [0.2, 0.25) is 0 Å². The van der Waals surface area contributed by atoms with E-state index < -0.39 is 17.7 Å². The maximum Gasteiger partial charge on any atom is 0.126 e. The molecule has 0 amide bonds. The van der Waals surface area contributed by atoms with E-state index in [9.17, 15) is 13.9 Å².